The van der Waals surface area contributed by atoms with Crippen molar-refractivity contribution in [2.24, 2.45) is 0 Å². The van der Waals surface area contributed by atoms with Crippen molar-refractivity contribution >= 4 is 23.7 Å². The van der Waals surface area contributed by atoms with E-state index in [0.29, 0.717) is 5.89 Å². The van der Waals surface area contributed by atoms with Crippen molar-refractivity contribution < 1.29 is 13.6 Å². The second-order valence-corrected chi connectivity index (χ2v) is 6.57. The molecule has 3 rings (SSSR count). The van der Waals surface area contributed by atoms with Crippen molar-refractivity contribution in [1.82, 2.24) is 10.2 Å². The maximum atomic E-state index is 12.8. The van der Waals surface area contributed by atoms with Gasteiger partial charge in [-0.25, -0.2) is 4.39 Å². The summed E-state index contributed by atoms with van der Waals surface area (Å²) in [5.41, 5.74) is 3.00. The third-order valence-corrected chi connectivity index (χ3v) is 4.48. The summed E-state index contributed by atoms with van der Waals surface area (Å²) in [5.74, 6) is -0.0601. The van der Waals surface area contributed by atoms with Gasteiger partial charge in [-0.2, -0.15) is 0 Å². The molecule has 0 aliphatic heterocycles. The highest BCUT2D eigenvalue weighted by Gasteiger charge is 2.13. The molecule has 0 bridgehead atoms. The van der Waals surface area contributed by atoms with Gasteiger partial charge in [-0.05, 0) is 49.7 Å². The highest BCUT2D eigenvalue weighted by molar-refractivity contribution is 8.00. The minimum absolute atomic E-state index is 0.0553. The summed E-state index contributed by atoms with van der Waals surface area (Å²) in [7, 11) is 0. The SMILES string of the molecule is Cc1ccc(-c2nnc(NC(=O)CSc3ccc(F)cc3)o2)c(C)c1. The fourth-order valence-corrected chi connectivity index (χ4v) is 2.97. The Kier molecular flexibility index (Phi) is 5.14. The molecule has 0 atom stereocenters. The zero-order valence-electron chi connectivity index (χ0n) is 13.7. The van der Waals surface area contributed by atoms with E-state index in [9.17, 15) is 9.18 Å². The molecule has 2 aromatic carbocycles. The second-order valence-electron chi connectivity index (χ2n) is 5.52. The monoisotopic (exact) mass is 357 g/mol. The molecule has 3 aromatic rings. The molecular weight excluding hydrogens is 341 g/mol. The van der Waals surface area contributed by atoms with Crippen molar-refractivity contribution in [3.63, 3.8) is 0 Å². The van der Waals surface area contributed by atoms with Gasteiger partial charge in [-0.1, -0.05) is 22.8 Å². The summed E-state index contributed by atoms with van der Waals surface area (Å²) in [6, 6.07) is 11.9. The predicted molar refractivity (Wildman–Crippen MR) is 95.0 cm³/mol. The topological polar surface area (TPSA) is 68.0 Å². The number of benzene rings is 2. The first-order chi connectivity index (χ1) is 12.0. The van der Waals surface area contributed by atoms with E-state index in [2.05, 4.69) is 15.5 Å². The van der Waals surface area contributed by atoms with Crippen LogP contribution in [-0.2, 0) is 4.79 Å². The summed E-state index contributed by atoms with van der Waals surface area (Å²) in [6.45, 7) is 3.97. The number of aryl methyl sites for hydroxylation is 2. The normalized spacial score (nSPS) is 10.7. The predicted octanol–water partition coefficient (Wildman–Crippen LogP) is 4.22. The zero-order chi connectivity index (χ0) is 17.8. The third kappa shape index (κ3) is 4.45. The quantitative estimate of drug-likeness (QED) is 0.692. The molecule has 1 N–H and O–H groups in total. The van der Waals surface area contributed by atoms with E-state index in [1.165, 1.54) is 23.9 Å². The Morgan fingerprint density at radius 2 is 1.92 bits per heavy atom. The van der Waals surface area contributed by atoms with Gasteiger partial charge in [0.05, 0.1) is 5.75 Å². The van der Waals surface area contributed by atoms with E-state index in [-0.39, 0.29) is 23.5 Å². The Morgan fingerprint density at radius 3 is 2.64 bits per heavy atom. The lowest BCUT2D eigenvalue weighted by molar-refractivity contribution is -0.113. The van der Waals surface area contributed by atoms with Crippen molar-refractivity contribution in [1.29, 1.82) is 0 Å². The van der Waals surface area contributed by atoms with Gasteiger partial charge in [0, 0.05) is 10.5 Å². The number of carbonyl (C=O) groups excluding carboxylic acids is 1. The van der Waals surface area contributed by atoms with E-state index >= 15 is 0 Å². The van der Waals surface area contributed by atoms with E-state index in [1.54, 1.807) is 12.1 Å². The largest absolute Gasteiger partial charge is 0.403 e. The van der Waals surface area contributed by atoms with E-state index in [4.69, 9.17) is 4.42 Å². The molecule has 0 saturated heterocycles. The number of anilines is 1. The molecule has 25 heavy (non-hydrogen) atoms. The van der Waals surface area contributed by atoms with E-state index < -0.39 is 0 Å². The number of aromatic nitrogens is 2. The summed E-state index contributed by atoms with van der Waals surface area (Å²) in [4.78, 5) is 12.8. The summed E-state index contributed by atoms with van der Waals surface area (Å²) in [5, 5.41) is 10.4. The molecule has 128 valence electrons. The van der Waals surface area contributed by atoms with E-state index in [0.717, 1.165) is 21.6 Å². The smallest absolute Gasteiger partial charge is 0.322 e. The van der Waals surface area contributed by atoms with Crippen LogP contribution in [0.2, 0.25) is 0 Å². The first kappa shape index (κ1) is 17.2. The summed E-state index contributed by atoms with van der Waals surface area (Å²) < 4.78 is 18.4. The average molecular weight is 357 g/mol. The number of nitrogens with one attached hydrogen (secondary N) is 1. The standard InChI is InChI=1S/C18H16FN3O2S/c1-11-3-8-15(12(2)9-11)17-21-22-18(24-17)20-16(23)10-25-14-6-4-13(19)5-7-14/h3-9H,10H2,1-2H3,(H,20,22,23). The highest BCUT2D eigenvalue weighted by Crippen LogP contribution is 2.24. The maximum Gasteiger partial charge on any atom is 0.322 e. The lowest BCUT2D eigenvalue weighted by Crippen LogP contribution is -2.14. The maximum absolute atomic E-state index is 12.8. The van der Waals surface area contributed by atoms with Crippen LogP contribution in [0.1, 0.15) is 11.1 Å². The molecule has 0 saturated carbocycles. The first-order valence-corrected chi connectivity index (χ1v) is 8.59. The lowest BCUT2D eigenvalue weighted by atomic mass is 10.1. The molecule has 5 nitrogen and oxygen atoms in total. The van der Waals surface area contributed by atoms with Gasteiger partial charge in [0.25, 0.3) is 0 Å². The van der Waals surface area contributed by atoms with Gasteiger partial charge in [-0.15, -0.1) is 16.9 Å². The van der Waals surface area contributed by atoms with Gasteiger partial charge in [0.2, 0.25) is 11.8 Å². The van der Waals surface area contributed by atoms with Crippen LogP contribution in [0.15, 0.2) is 51.8 Å². The number of halogens is 1. The van der Waals surface area contributed by atoms with Crippen LogP contribution in [0.25, 0.3) is 11.5 Å². The van der Waals surface area contributed by atoms with Crippen LogP contribution in [0.5, 0.6) is 0 Å². The van der Waals surface area contributed by atoms with Crippen molar-refractivity contribution in [3.05, 3.63) is 59.4 Å². The summed E-state index contributed by atoms with van der Waals surface area (Å²) in [6.07, 6.45) is 0. The van der Waals surface area contributed by atoms with Gasteiger partial charge in [-0.3, -0.25) is 10.1 Å². The number of carbonyl (C=O) groups is 1. The minimum Gasteiger partial charge on any atom is -0.403 e. The molecule has 0 fully saturated rings. The highest BCUT2D eigenvalue weighted by atomic mass is 32.2. The Labute approximate surface area is 148 Å². The van der Waals surface area contributed by atoms with Gasteiger partial charge in [0.15, 0.2) is 0 Å². The fourth-order valence-electron chi connectivity index (χ4n) is 2.27. The number of rotatable bonds is 5. The molecule has 0 spiro atoms. The molecule has 7 heteroatoms. The van der Waals surface area contributed by atoms with Crippen molar-refractivity contribution in [3.8, 4) is 11.5 Å². The fraction of sp³-hybridized carbons (Fsp3) is 0.167. The third-order valence-electron chi connectivity index (χ3n) is 3.47. The van der Waals surface area contributed by atoms with Crippen LogP contribution in [-0.4, -0.2) is 21.9 Å². The van der Waals surface area contributed by atoms with Crippen LogP contribution < -0.4 is 5.32 Å². The van der Waals surface area contributed by atoms with E-state index in [1.807, 2.05) is 32.0 Å². The van der Waals surface area contributed by atoms with Crippen LogP contribution >= 0.6 is 11.8 Å². The first-order valence-electron chi connectivity index (χ1n) is 7.60. The Hall–Kier alpha value is -2.67. The number of thioether (sulfide) groups is 1. The molecule has 1 amide bonds. The molecule has 1 aromatic heterocycles. The van der Waals surface area contributed by atoms with Gasteiger partial charge >= 0.3 is 6.01 Å². The number of amides is 1. The molecule has 0 unspecified atom stereocenters. The van der Waals surface area contributed by atoms with Gasteiger partial charge in [0.1, 0.15) is 5.82 Å². The molecule has 0 aliphatic rings. The lowest BCUT2D eigenvalue weighted by Gasteiger charge is -2.02. The Bertz CT molecular complexity index is 894. The van der Waals surface area contributed by atoms with Crippen molar-refractivity contribution in [2.45, 2.75) is 18.7 Å². The Morgan fingerprint density at radius 1 is 1.16 bits per heavy atom. The molecule has 0 radical (unpaired) electrons. The molecule has 1 heterocycles. The summed E-state index contributed by atoms with van der Waals surface area (Å²) >= 11 is 1.30. The van der Waals surface area contributed by atoms with Crippen LogP contribution in [0.3, 0.4) is 0 Å². The zero-order valence-corrected chi connectivity index (χ0v) is 14.6. The number of hydrogen-bond acceptors (Lipinski definition) is 5. The van der Waals surface area contributed by atoms with Crippen LogP contribution in [0.4, 0.5) is 10.4 Å². The second kappa shape index (κ2) is 7.48. The van der Waals surface area contributed by atoms with Gasteiger partial charge < -0.3 is 4.42 Å². The molecule has 0 aliphatic carbocycles. The minimum atomic E-state index is -0.307. The number of nitrogens with zero attached hydrogens (tertiary/aromatic N) is 2. The molecular formula is C18H16FN3O2S. The Balaban J connectivity index is 1.60. The number of hydrogen-bond donors (Lipinski definition) is 1. The van der Waals surface area contributed by atoms with Crippen LogP contribution in [0, 0.1) is 19.7 Å². The van der Waals surface area contributed by atoms with Crippen molar-refractivity contribution in [2.75, 3.05) is 11.1 Å². The average Bonchev–Trinajstić information content (AvgIpc) is 3.02.